The lowest BCUT2D eigenvalue weighted by Gasteiger charge is -2.36. The minimum absolute atomic E-state index is 0.0107. The molecule has 1 aromatic rings. The summed E-state index contributed by atoms with van der Waals surface area (Å²) in [5.74, 6) is -1.34. The Morgan fingerprint density at radius 1 is 1.28 bits per heavy atom. The first-order chi connectivity index (χ1) is 11.6. The zero-order chi connectivity index (χ0) is 18.9. The fraction of sp³-hybridized carbons (Fsp3) is 0.409. The number of carbonyl (C=O) groups is 1. The van der Waals surface area contributed by atoms with E-state index in [2.05, 4.69) is 27.4 Å². The molecule has 2 nitrogen and oxygen atoms in total. The summed E-state index contributed by atoms with van der Waals surface area (Å²) < 4.78 is 15.2. The van der Waals surface area contributed by atoms with Gasteiger partial charge in [0.2, 0.25) is 0 Å². The predicted octanol–water partition coefficient (Wildman–Crippen LogP) is 6.48. The van der Waals surface area contributed by atoms with E-state index >= 15 is 4.39 Å². The van der Waals surface area contributed by atoms with Crippen molar-refractivity contribution in [3.05, 3.63) is 63.8 Å². The summed E-state index contributed by atoms with van der Waals surface area (Å²) in [6, 6.07) is 4.48. The number of carboxylic acids is 1. The smallest absolute Gasteiger partial charge is 0.335 e. The highest BCUT2D eigenvalue weighted by Crippen LogP contribution is 2.46. The number of aryl methyl sites for hydroxylation is 1. The van der Waals surface area contributed by atoms with Gasteiger partial charge in [0.1, 0.15) is 5.83 Å². The summed E-state index contributed by atoms with van der Waals surface area (Å²) in [5, 5.41) is 9.07. The topological polar surface area (TPSA) is 37.3 Å². The lowest BCUT2D eigenvalue weighted by atomic mass is 9.69. The van der Waals surface area contributed by atoms with E-state index < -0.39 is 5.97 Å². The van der Waals surface area contributed by atoms with Gasteiger partial charge < -0.3 is 5.11 Å². The lowest BCUT2D eigenvalue weighted by molar-refractivity contribution is 0.0696. The Labute approximate surface area is 149 Å². The number of carboxylic acid groups (broad SMARTS) is 1. The molecule has 0 amide bonds. The molecule has 2 rings (SSSR count). The van der Waals surface area contributed by atoms with Crippen molar-refractivity contribution >= 4 is 11.8 Å². The van der Waals surface area contributed by atoms with Crippen molar-refractivity contribution in [3.8, 4) is 0 Å². The third-order valence-corrected chi connectivity index (χ3v) is 5.25. The number of aromatic carboxylic acids is 1. The quantitative estimate of drug-likeness (QED) is 0.636. The molecule has 0 atom stereocenters. The van der Waals surface area contributed by atoms with E-state index in [1.165, 1.54) is 23.8 Å². The molecule has 0 fully saturated rings. The van der Waals surface area contributed by atoms with Crippen molar-refractivity contribution in [1.29, 1.82) is 0 Å². The Kier molecular flexibility index (Phi) is 5.36. The molecule has 1 aromatic carbocycles. The van der Waals surface area contributed by atoms with Gasteiger partial charge in [0.05, 0.1) is 5.56 Å². The molecule has 3 heteroatoms. The van der Waals surface area contributed by atoms with Crippen LogP contribution in [0, 0.1) is 12.3 Å². The zero-order valence-corrected chi connectivity index (χ0v) is 15.8. The molecular weight excluding hydrogens is 315 g/mol. The van der Waals surface area contributed by atoms with Gasteiger partial charge in [-0.25, -0.2) is 9.18 Å². The number of allylic oxidation sites excluding steroid dienone is 4. The summed E-state index contributed by atoms with van der Waals surface area (Å²) in [7, 11) is 0. The Morgan fingerprint density at radius 2 is 1.92 bits per heavy atom. The fourth-order valence-electron chi connectivity index (χ4n) is 3.85. The van der Waals surface area contributed by atoms with Crippen LogP contribution in [0.25, 0.3) is 5.83 Å². The second-order valence-corrected chi connectivity index (χ2v) is 7.65. The van der Waals surface area contributed by atoms with Gasteiger partial charge >= 0.3 is 5.97 Å². The normalized spacial score (nSPS) is 18.0. The van der Waals surface area contributed by atoms with E-state index in [-0.39, 0.29) is 16.8 Å². The highest BCUT2D eigenvalue weighted by Gasteiger charge is 2.31. The minimum atomic E-state index is -1.01. The van der Waals surface area contributed by atoms with Crippen molar-refractivity contribution in [1.82, 2.24) is 0 Å². The second kappa shape index (κ2) is 6.99. The van der Waals surface area contributed by atoms with Crippen LogP contribution in [0.1, 0.15) is 68.4 Å². The molecule has 0 aromatic heterocycles. The molecule has 1 aliphatic rings. The molecule has 0 saturated heterocycles. The Morgan fingerprint density at radius 3 is 2.44 bits per heavy atom. The van der Waals surface area contributed by atoms with Gasteiger partial charge in [-0.2, -0.15) is 0 Å². The molecular formula is C22H27FO2. The van der Waals surface area contributed by atoms with E-state index in [0.717, 1.165) is 30.4 Å². The van der Waals surface area contributed by atoms with Crippen LogP contribution in [-0.4, -0.2) is 11.1 Å². The van der Waals surface area contributed by atoms with Crippen molar-refractivity contribution in [2.24, 2.45) is 5.41 Å². The van der Waals surface area contributed by atoms with Crippen molar-refractivity contribution < 1.29 is 14.3 Å². The first kappa shape index (κ1) is 19.2. The molecule has 1 N–H and O–H groups in total. The fourth-order valence-corrected chi connectivity index (χ4v) is 3.85. The third kappa shape index (κ3) is 3.76. The highest BCUT2D eigenvalue weighted by atomic mass is 19.1. The molecule has 0 unspecified atom stereocenters. The lowest BCUT2D eigenvalue weighted by Crippen LogP contribution is -2.22. The number of hydrogen-bond acceptors (Lipinski definition) is 1. The van der Waals surface area contributed by atoms with Crippen LogP contribution >= 0.6 is 0 Å². The average molecular weight is 342 g/mol. The predicted molar refractivity (Wildman–Crippen MR) is 101 cm³/mol. The minimum Gasteiger partial charge on any atom is -0.478 e. The van der Waals surface area contributed by atoms with Gasteiger partial charge in [-0.15, -0.1) is 0 Å². The highest BCUT2D eigenvalue weighted by molar-refractivity contribution is 5.88. The van der Waals surface area contributed by atoms with Crippen LogP contribution < -0.4 is 0 Å². The van der Waals surface area contributed by atoms with E-state index in [1.807, 2.05) is 0 Å². The molecule has 134 valence electrons. The van der Waals surface area contributed by atoms with Crippen LogP contribution in [0.5, 0.6) is 0 Å². The molecule has 0 saturated carbocycles. The van der Waals surface area contributed by atoms with E-state index in [1.54, 1.807) is 13.8 Å². The summed E-state index contributed by atoms with van der Waals surface area (Å²) in [5.41, 5.74) is 4.91. The Hall–Kier alpha value is -2.16. The first-order valence-corrected chi connectivity index (χ1v) is 8.67. The van der Waals surface area contributed by atoms with Crippen LogP contribution in [0.15, 0.2) is 47.1 Å². The Balaban J connectivity index is 2.49. The SMILES string of the molecule is C=C(C(C)=C(F)c1ccc(C(=O)O)cc1C)C1=C(C)CCCC1(C)C. The first-order valence-electron chi connectivity index (χ1n) is 8.67. The number of rotatable bonds is 4. The Bertz CT molecular complexity index is 794. The molecule has 1 aliphatic carbocycles. The summed E-state index contributed by atoms with van der Waals surface area (Å²) in [4.78, 5) is 11.1. The molecule has 0 radical (unpaired) electrons. The van der Waals surface area contributed by atoms with Crippen molar-refractivity contribution in [2.45, 2.75) is 53.9 Å². The molecule has 0 aliphatic heterocycles. The molecule has 25 heavy (non-hydrogen) atoms. The van der Waals surface area contributed by atoms with Crippen LogP contribution in [0.4, 0.5) is 4.39 Å². The van der Waals surface area contributed by atoms with E-state index in [0.29, 0.717) is 16.7 Å². The standard InChI is InChI=1S/C22H27FO2/c1-13-8-7-11-22(5,6)19(13)15(3)16(4)20(23)18-10-9-17(21(24)25)12-14(18)2/h9-10,12H,3,7-8,11H2,1-2,4-6H3,(H,24,25). The van der Waals surface area contributed by atoms with Gasteiger partial charge in [0.15, 0.2) is 0 Å². The number of hydrogen-bond donors (Lipinski definition) is 1. The van der Waals surface area contributed by atoms with Gasteiger partial charge in [-0.1, -0.05) is 32.1 Å². The van der Waals surface area contributed by atoms with E-state index in [4.69, 9.17) is 5.11 Å². The van der Waals surface area contributed by atoms with Crippen LogP contribution in [0.2, 0.25) is 0 Å². The monoisotopic (exact) mass is 342 g/mol. The molecule has 0 bridgehead atoms. The summed E-state index contributed by atoms with van der Waals surface area (Å²) in [6.45, 7) is 14.2. The third-order valence-electron chi connectivity index (χ3n) is 5.25. The maximum atomic E-state index is 15.2. The molecule has 0 spiro atoms. The van der Waals surface area contributed by atoms with Crippen molar-refractivity contribution in [2.75, 3.05) is 0 Å². The number of benzene rings is 1. The maximum absolute atomic E-state index is 15.2. The van der Waals surface area contributed by atoms with Crippen molar-refractivity contribution in [3.63, 3.8) is 0 Å². The van der Waals surface area contributed by atoms with Crippen LogP contribution in [0.3, 0.4) is 0 Å². The maximum Gasteiger partial charge on any atom is 0.335 e. The molecule has 0 heterocycles. The largest absolute Gasteiger partial charge is 0.478 e. The average Bonchev–Trinajstić information content (AvgIpc) is 2.52. The number of halogens is 1. The zero-order valence-electron chi connectivity index (χ0n) is 15.8. The van der Waals surface area contributed by atoms with Gasteiger partial charge in [0.25, 0.3) is 0 Å². The van der Waals surface area contributed by atoms with Gasteiger partial charge in [0, 0.05) is 5.56 Å². The summed E-state index contributed by atoms with van der Waals surface area (Å²) in [6.07, 6.45) is 3.25. The van der Waals surface area contributed by atoms with Gasteiger partial charge in [-0.05, 0) is 79.9 Å². The summed E-state index contributed by atoms with van der Waals surface area (Å²) >= 11 is 0. The second-order valence-electron chi connectivity index (χ2n) is 7.65. The van der Waals surface area contributed by atoms with Crippen LogP contribution in [-0.2, 0) is 0 Å². The van der Waals surface area contributed by atoms with Gasteiger partial charge in [-0.3, -0.25) is 0 Å². The van der Waals surface area contributed by atoms with E-state index in [9.17, 15) is 4.79 Å².